The molecule has 0 N–H and O–H groups in total. The molecule has 3 aliphatic heterocycles. The van der Waals surface area contributed by atoms with Gasteiger partial charge in [0, 0.05) is 51.7 Å². The van der Waals surface area contributed by atoms with Gasteiger partial charge in [0.15, 0.2) is 0 Å². The molecular weight excluding hydrogens is 318 g/mol. The molecular formula is C19H29N3O3. The van der Waals surface area contributed by atoms with Crippen LogP contribution in [0.25, 0.3) is 0 Å². The van der Waals surface area contributed by atoms with E-state index in [0.717, 1.165) is 78.5 Å². The normalized spacial score (nSPS) is 32.1. The van der Waals surface area contributed by atoms with Crippen molar-refractivity contribution in [3.8, 4) is 0 Å². The third kappa shape index (κ3) is 4.57. The Kier molecular flexibility index (Phi) is 5.63. The molecule has 3 aliphatic rings. The van der Waals surface area contributed by atoms with Crippen LogP contribution in [-0.2, 0) is 20.8 Å². The first-order valence-corrected chi connectivity index (χ1v) is 9.48. The summed E-state index contributed by atoms with van der Waals surface area (Å²) in [5.41, 5.74) is 1.16. The minimum atomic E-state index is -0.138. The second-order valence-corrected chi connectivity index (χ2v) is 7.49. The van der Waals surface area contributed by atoms with Crippen LogP contribution in [0.1, 0.15) is 18.4 Å². The monoisotopic (exact) mass is 347 g/mol. The lowest BCUT2D eigenvalue weighted by Gasteiger charge is -2.33. The average Bonchev–Trinajstić information content (AvgIpc) is 2.91. The van der Waals surface area contributed by atoms with Gasteiger partial charge in [-0.1, -0.05) is 0 Å². The molecule has 3 fully saturated rings. The van der Waals surface area contributed by atoms with Crippen LogP contribution in [0.5, 0.6) is 0 Å². The zero-order valence-corrected chi connectivity index (χ0v) is 14.9. The van der Waals surface area contributed by atoms with Crippen molar-refractivity contribution >= 4 is 0 Å². The quantitative estimate of drug-likeness (QED) is 0.815. The van der Waals surface area contributed by atoms with Gasteiger partial charge in [-0.25, -0.2) is 0 Å². The molecule has 1 aromatic heterocycles. The number of pyridine rings is 1. The highest BCUT2D eigenvalue weighted by atomic mass is 16.6. The fourth-order valence-electron chi connectivity index (χ4n) is 4.18. The highest BCUT2D eigenvalue weighted by Gasteiger charge is 2.43. The molecule has 0 amide bonds. The molecule has 0 unspecified atom stereocenters. The van der Waals surface area contributed by atoms with Gasteiger partial charge < -0.3 is 14.2 Å². The molecule has 0 saturated carbocycles. The number of ether oxygens (including phenoxy) is 3. The molecule has 0 aliphatic carbocycles. The number of hydrogen-bond acceptors (Lipinski definition) is 6. The predicted molar refractivity (Wildman–Crippen MR) is 94.4 cm³/mol. The van der Waals surface area contributed by atoms with E-state index < -0.39 is 0 Å². The van der Waals surface area contributed by atoms with Gasteiger partial charge in [0.05, 0.1) is 32.5 Å². The van der Waals surface area contributed by atoms with Crippen molar-refractivity contribution in [3.63, 3.8) is 0 Å². The largest absolute Gasteiger partial charge is 0.379 e. The molecule has 0 bridgehead atoms. The molecule has 1 aromatic rings. The zero-order valence-electron chi connectivity index (χ0n) is 14.9. The summed E-state index contributed by atoms with van der Waals surface area (Å²) in [6.07, 6.45) is 6.27. The van der Waals surface area contributed by atoms with E-state index in [0.29, 0.717) is 6.10 Å². The summed E-state index contributed by atoms with van der Waals surface area (Å²) in [6.45, 7) is 9.12. The van der Waals surface area contributed by atoms with Gasteiger partial charge in [0.2, 0.25) is 0 Å². The SMILES string of the molecule is c1cc(CN2CCOC[C@@]3(CC[C@H](CN4CCOCC4)O3)C2)ccn1. The van der Waals surface area contributed by atoms with Crippen molar-refractivity contribution < 1.29 is 14.2 Å². The second kappa shape index (κ2) is 8.10. The topological polar surface area (TPSA) is 47.1 Å². The maximum atomic E-state index is 6.58. The van der Waals surface area contributed by atoms with Crippen molar-refractivity contribution in [1.29, 1.82) is 0 Å². The van der Waals surface area contributed by atoms with Gasteiger partial charge in [0.25, 0.3) is 0 Å². The van der Waals surface area contributed by atoms with Crippen molar-refractivity contribution in [2.45, 2.75) is 31.1 Å². The van der Waals surface area contributed by atoms with Crippen LogP contribution in [0.4, 0.5) is 0 Å². The second-order valence-electron chi connectivity index (χ2n) is 7.49. The van der Waals surface area contributed by atoms with E-state index in [-0.39, 0.29) is 5.60 Å². The van der Waals surface area contributed by atoms with Crippen molar-refractivity contribution in [1.82, 2.24) is 14.8 Å². The molecule has 0 aromatic carbocycles. The fourth-order valence-corrected chi connectivity index (χ4v) is 4.18. The summed E-state index contributed by atoms with van der Waals surface area (Å²) in [4.78, 5) is 9.06. The van der Waals surface area contributed by atoms with Gasteiger partial charge in [-0.15, -0.1) is 0 Å². The Morgan fingerprint density at radius 3 is 2.64 bits per heavy atom. The first-order chi connectivity index (χ1) is 12.3. The maximum Gasteiger partial charge on any atom is 0.105 e. The summed E-state index contributed by atoms with van der Waals surface area (Å²) >= 11 is 0. The van der Waals surface area contributed by atoms with Crippen LogP contribution >= 0.6 is 0 Å². The third-order valence-electron chi connectivity index (χ3n) is 5.49. The van der Waals surface area contributed by atoms with Crippen molar-refractivity contribution in [2.75, 3.05) is 59.2 Å². The number of morpholine rings is 1. The first kappa shape index (κ1) is 17.4. The Morgan fingerprint density at radius 1 is 1.04 bits per heavy atom. The summed E-state index contributed by atoms with van der Waals surface area (Å²) in [5, 5.41) is 0. The number of hydrogen-bond donors (Lipinski definition) is 0. The van der Waals surface area contributed by atoms with E-state index in [2.05, 4.69) is 26.9 Å². The summed E-state index contributed by atoms with van der Waals surface area (Å²) in [7, 11) is 0. The highest BCUT2D eigenvalue weighted by molar-refractivity contribution is 5.10. The Balaban J connectivity index is 1.35. The lowest BCUT2D eigenvalue weighted by molar-refractivity contribution is -0.0967. The Bertz CT molecular complexity index is 538. The summed E-state index contributed by atoms with van der Waals surface area (Å²) in [6, 6.07) is 4.18. The fraction of sp³-hybridized carbons (Fsp3) is 0.737. The number of rotatable bonds is 4. The smallest absolute Gasteiger partial charge is 0.105 e. The maximum absolute atomic E-state index is 6.58. The van der Waals surface area contributed by atoms with E-state index in [1.54, 1.807) is 0 Å². The van der Waals surface area contributed by atoms with Crippen molar-refractivity contribution in [3.05, 3.63) is 30.1 Å². The van der Waals surface area contributed by atoms with E-state index in [9.17, 15) is 0 Å². The molecule has 4 heterocycles. The molecule has 6 heteroatoms. The molecule has 0 radical (unpaired) electrons. The molecule has 4 rings (SSSR count). The first-order valence-electron chi connectivity index (χ1n) is 9.48. The number of aromatic nitrogens is 1. The minimum absolute atomic E-state index is 0.138. The van der Waals surface area contributed by atoms with Crippen LogP contribution in [0.3, 0.4) is 0 Å². The minimum Gasteiger partial charge on any atom is -0.379 e. The number of nitrogens with zero attached hydrogens (tertiary/aromatic N) is 3. The van der Waals surface area contributed by atoms with E-state index >= 15 is 0 Å². The molecule has 3 saturated heterocycles. The Labute approximate surface area is 150 Å². The lowest BCUT2D eigenvalue weighted by Crippen LogP contribution is -2.46. The van der Waals surface area contributed by atoms with Crippen LogP contribution in [0, 0.1) is 0 Å². The van der Waals surface area contributed by atoms with E-state index in [1.165, 1.54) is 5.56 Å². The van der Waals surface area contributed by atoms with Gasteiger partial charge in [-0.05, 0) is 30.5 Å². The highest BCUT2D eigenvalue weighted by Crippen LogP contribution is 2.33. The van der Waals surface area contributed by atoms with Crippen LogP contribution in [0.2, 0.25) is 0 Å². The van der Waals surface area contributed by atoms with Gasteiger partial charge in [0.1, 0.15) is 5.60 Å². The lowest BCUT2D eigenvalue weighted by atomic mass is 10.00. The average molecular weight is 347 g/mol. The van der Waals surface area contributed by atoms with Crippen LogP contribution < -0.4 is 0 Å². The molecule has 6 nitrogen and oxygen atoms in total. The van der Waals surface area contributed by atoms with Gasteiger partial charge >= 0.3 is 0 Å². The third-order valence-corrected chi connectivity index (χ3v) is 5.49. The molecule has 25 heavy (non-hydrogen) atoms. The standard InChI is InChI=1S/C19H29N3O3/c1-4-19(25-18(1)14-21-7-10-23-11-8-21)15-22(9-12-24-16-19)13-17-2-5-20-6-3-17/h2-3,5-6,18H,1,4,7-16H2/t18-,19-/m1/s1. The molecule has 2 atom stereocenters. The summed E-state index contributed by atoms with van der Waals surface area (Å²) < 4.78 is 18.0. The Hall–Kier alpha value is -1.05. The van der Waals surface area contributed by atoms with Gasteiger partial charge in [-0.2, -0.15) is 0 Å². The molecule has 138 valence electrons. The molecule has 1 spiro atoms. The Morgan fingerprint density at radius 2 is 1.80 bits per heavy atom. The van der Waals surface area contributed by atoms with E-state index in [1.807, 2.05) is 12.4 Å². The summed E-state index contributed by atoms with van der Waals surface area (Å²) in [5.74, 6) is 0. The zero-order chi connectivity index (χ0) is 17.0. The van der Waals surface area contributed by atoms with Gasteiger partial charge in [-0.3, -0.25) is 14.8 Å². The van der Waals surface area contributed by atoms with Crippen LogP contribution in [0.15, 0.2) is 24.5 Å². The van der Waals surface area contributed by atoms with Crippen LogP contribution in [-0.4, -0.2) is 85.6 Å². The predicted octanol–water partition coefficient (Wildman–Crippen LogP) is 1.16. The van der Waals surface area contributed by atoms with Crippen molar-refractivity contribution in [2.24, 2.45) is 0 Å². The van der Waals surface area contributed by atoms with E-state index in [4.69, 9.17) is 14.2 Å².